The molecule has 1 saturated heterocycles. The van der Waals surface area contributed by atoms with Crippen LogP contribution in [-0.2, 0) is 0 Å². The van der Waals surface area contributed by atoms with E-state index < -0.39 is 0 Å². The highest BCUT2D eigenvalue weighted by Gasteiger charge is 2.20. The number of benzene rings is 2. The van der Waals surface area contributed by atoms with Gasteiger partial charge in [-0.3, -0.25) is 4.79 Å². The second-order valence-electron chi connectivity index (χ2n) is 5.84. The van der Waals surface area contributed by atoms with Crippen molar-refractivity contribution in [2.24, 2.45) is 0 Å². The third-order valence-corrected chi connectivity index (χ3v) is 4.42. The summed E-state index contributed by atoms with van der Waals surface area (Å²) >= 11 is 5.87. The zero-order valence-corrected chi connectivity index (χ0v) is 14.0. The summed E-state index contributed by atoms with van der Waals surface area (Å²) < 4.78 is 0. The maximum Gasteiger partial charge on any atom is 0.253 e. The number of hydrogen-bond acceptors (Lipinski definition) is 2. The van der Waals surface area contributed by atoms with E-state index in [0.717, 1.165) is 18.4 Å². The minimum absolute atomic E-state index is 0.0530. The summed E-state index contributed by atoms with van der Waals surface area (Å²) in [5, 5.41) is 9.60. The quantitative estimate of drug-likeness (QED) is 0.808. The van der Waals surface area contributed by atoms with Crippen LogP contribution < -0.4 is 0 Å². The molecule has 1 heterocycles. The van der Waals surface area contributed by atoms with Crippen LogP contribution in [0.2, 0.25) is 5.02 Å². The lowest BCUT2D eigenvalue weighted by molar-refractivity contribution is 0.0744. The summed E-state index contributed by atoms with van der Waals surface area (Å²) in [7, 11) is 0. The van der Waals surface area contributed by atoms with Crippen molar-refractivity contribution in [1.29, 1.82) is 5.26 Å². The van der Waals surface area contributed by atoms with Crippen molar-refractivity contribution in [3.63, 3.8) is 0 Å². The molecule has 1 amide bonds. The highest BCUT2D eigenvalue weighted by atomic mass is 35.5. The summed E-state index contributed by atoms with van der Waals surface area (Å²) in [6.07, 6.45) is 3.84. The SMILES string of the molecule is N#Cc1cccc(C=C2CCN(C(=O)c3ccc(Cl)cc3)CC2)c1. The molecule has 0 N–H and O–H groups in total. The zero-order chi connectivity index (χ0) is 16.9. The van der Waals surface area contributed by atoms with Gasteiger partial charge in [0.2, 0.25) is 0 Å². The highest BCUT2D eigenvalue weighted by Crippen LogP contribution is 2.22. The number of halogens is 1. The van der Waals surface area contributed by atoms with Crippen LogP contribution in [0.5, 0.6) is 0 Å². The minimum atomic E-state index is 0.0530. The molecule has 1 fully saturated rings. The maximum absolute atomic E-state index is 12.5. The van der Waals surface area contributed by atoms with E-state index in [4.69, 9.17) is 16.9 Å². The summed E-state index contributed by atoms with van der Waals surface area (Å²) in [5.74, 6) is 0.0530. The van der Waals surface area contributed by atoms with Crippen molar-refractivity contribution in [3.8, 4) is 6.07 Å². The molecule has 1 aliphatic rings. The fourth-order valence-corrected chi connectivity index (χ4v) is 2.98. The number of nitriles is 1. The molecule has 0 bridgehead atoms. The lowest BCUT2D eigenvalue weighted by Gasteiger charge is -2.28. The van der Waals surface area contributed by atoms with Crippen molar-refractivity contribution in [3.05, 3.63) is 75.8 Å². The predicted octanol–water partition coefficient (Wildman–Crippen LogP) is 4.53. The van der Waals surface area contributed by atoms with Crippen LogP contribution in [0.3, 0.4) is 0 Å². The van der Waals surface area contributed by atoms with Gasteiger partial charge < -0.3 is 4.90 Å². The monoisotopic (exact) mass is 336 g/mol. The first kappa shape index (κ1) is 16.3. The number of carbonyl (C=O) groups is 1. The smallest absolute Gasteiger partial charge is 0.253 e. The van der Waals surface area contributed by atoms with Gasteiger partial charge in [-0.25, -0.2) is 0 Å². The number of piperidine rings is 1. The van der Waals surface area contributed by atoms with E-state index >= 15 is 0 Å². The van der Waals surface area contributed by atoms with Crippen LogP contribution in [0.4, 0.5) is 0 Å². The first-order valence-corrected chi connectivity index (χ1v) is 8.28. The second kappa shape index (κ2) is 7.33. The maximum atomic E-state index is 12.5. The molecule has 0 atom stereocenters. The Labute approximate surface area is 146 Å². The van der Waals surface area contributed by atoms with E-state index in [1.165, 1.54) is 5.57 Å². The van der Waals surface area contributed by atoms with Gasteiger partial charge in [-0.05, 0) is 54.8 Å². The Kier molecular flexibility index (Phi) is 4.98. The van der Waals surface area contributed by atoms with Gasteiger partial charge in [-0.1, -0.05) is 35.4 Å². The lowest BCUT2D eigenvalue weighted by atomic mass is 9.99. The molecule has 0 aromatic heterocycles. The van der Waals surface area contributed by atoms with Crippen LogP contribution in [-0.4, -0.2) is 23.9 Å². The van der Waals surface area contributed by atoms with Crippen molar-refractivity contribution < 1.29 is 4.79 Å². The number of rotatable bonds is 2. The van der Waals surface area contributed by atoms with Gasteiger partial charge >= 0.3 is 0 Å². The largest absolute Gasteiger partial charge is 0.338 e. The molecule has 0 spiro atoms. The molecule has 0 aliphatic carbocycles. The Bertz CT molecular complexity index is 808. The Morgan fingerprint density at radius 3 is 2.50 bits per heavy atom. The molecule has 24 heavy (non-hydrogen) atoms. The van der Waals surface area contributed by atoms with Crippen LogP contribution >= 0.6 is 11.6 Å². The standard InChI is InChI=1S/C20H17ClN2O/c21-19-6-4-18(5-7-19)20(24)23-10-8-15(9-11-23)12-16-2-1-3-17(13-16)14-22/h1-7,12-13H,8-11H2. The lowest BCUT2D eigenvalue weighted by Crippen LogP contribution is -2.36. The Balaban J connectivity index is 1.65. The Morgan fingerprint density at radius 2 is 1.83 bits per heavy atom. The number of nitrogens with zero attached hydrogens (tertiary/aromatic N) is 2. The topological polar surface area (TPSA) is 44.1 Å². The summed E-state index contributed by atoms with van der Waals surface area (Å²) in [6, 6.07) is 16.8. The molecule has 2 aromatic carbocycles. The molecule has 0 saturated carbocycles. The normalized spacial score (nSPS) is 14.2. The van der Waals surface area contributed by atoms with E-state index in [9.17, 15) is 4.79 Å². The van der Waals surface area contributed by atoms with Gasteiger partial charge in [-0.2, -0.15) is 5.26 Å². The average molecular weight is 337 g/mol. The molecule has 3 rings (SSSR count). The van der Waals surface area contributed by atoms with E-state index in [-0.39, 0.29) is 5.91 Å². The molecule has 120 valence electrons. The number of likely N-dealkylation sites (tertiary alicyclic amines) is 1. The third-order valence-electron chi connectivity index (χ3n) is 4.17. The fourth-order valence-electron chi connectivity index (χ4n) is 2.85. The molecule has 2 aromatic rings. The summed E-state index contributed by atoms with van der Waals surface area (Å²) in [4.78, 5) is 14.4. The van der Waals surface area contributed by atoms with Crippen LogP contribution in [0.25, 0.3) is 6.08 Å². The van der Waals surface area contributed by atoms with Gasteiger partial charge in [0.15, 0.2) is 0 Å². The Morgan fingerprint density at radius 1 is 1.12 bits per heavy atom. The van der Waals surface area contributed by atoms with Crippen molar-refractivity contribution in [1.82, 2.24) is 4.90 Å². The molecule has 0 unspecified atom stereocenters. The van der Waals surface area contributed by atoms with Crippen LogP contribution in [0.1, 0.15) is 34.3 Å². The minimum Gasteiger partial charge on any atom is -0.338 e. The molecule has 3 nitrogen and oxygen atoms in total. The molecule has 4 heteroatoms. The molecular weight excluding hydrogens is 320 g/mol. The molecular formula is C20H17ClN2O. The Hall–Kier alpha value is -2.57. The first-order chi connectivity index (χ1) is 11.7. The van der Waals surface area contributed by atoms with Crippen molar-refractivity contribution in [2.45, 2.75) is 12.8 Å². The summed E-state index contributed by atoms with van der Waals surface area (Å²) in [5.41, 5.74) is 3.69. The van der Waals surface area contributed by atoms with Gasteiger partial charge in [0.05, 0.1) is 11.6 Å². The molecule has 1 aliphatic heterocycles. The second-order valence-corrected chi connectivity index (χ2v) is 6.28. The molecule has 0 radical (unpaired) electrons. The number of carbonyl (C=O) groups excluding carboxylic acids is 1. The number of hydrogen-bond donors (Lipinski definition) is 0. The van der Waals surface area contributed by atoms with Gasteiger partial charge in [0.25, 0.3) is 5.91 Å². The number of amides is 1. The van der Waals surface area contributed by atoms with E-state index in [1.807, 2.05) is 23.1 Å². The average Bonchev–Trinajstić information content (AvgIpc) is 2.62. The van der Waals surface area contributed by atoms with Gasteiger partial charge in [-0.15, -0.1) is 0 Å². The first-order valence-electron chi connectivity index (χ1n) is 7.90. The predicted molar refractivity (Wildman–Crippen MR) is 95.7 cm³/mol. The summed E-state index contributed by atoms with van der Waals surface area (Å²) in [6.45, 7) is 1.43. The highest BCUT2D eigenvalue weighted by molar-refractivity contribution is 6.30. The van der Waals surface area contributed by atoms with Gasteiger partial charge in [0, 0.05) is 23.7 Å². The van der Waals surface area contributed by atoms with E-state index in [1.54, 1.807) is 30.3 Å². The van der Waals surface area contributed by atoms with E-state index in [0.29, 0.717) is 29.2 Å². The van der Waals surface area contributed by atoms with Crippen LogP contribution in [0, 0.1) is 11.3 Å². The fraction of sp³-hybridized carbons (Fsp3) is 0.200. The van der Waals surface area contributed by atoms with Crippen molar-refractivity contribution >= 4 is 23.6 Å². The van der Waals surface area contributed by atoms with Gasteiger partial charge in [0.1, 0.15) is 0 Å². The zero-order valence-electron chi connectivity index (χ0n) is 13.2. The third kappa shape index (κ3) is 3.84. The van der Waals surface area contributed by atoms with Crippen molar-refractivity contribution in [2.75, 3.05) is 13.1 Å². The van der Waals surface area contributed by atoms with Crippen LogP contribution in [0.15, 0.2) is 54.1 Å². The van der Waals surface area contributed by atoms with E-state index in [2.05, 4.69) is 12.1 Å².